The lowest BCUT2D eigenvalue weighted by Gasteiger charge is -1.84. The van der Waals surface area contributed by atoms with Crippen molar-refractivity contribution in [2.24, 2.45) is 0 Å². The average molecular weight is 168 g/mol. The van der Waals surface area contributed by atoms with Crippen LogP contribution in [-0.4, -0.2) is 10.2 Å². The second-order valence-corrected chi connectivity index (χ2v) is 2.94. The topological polar surface area (TPSA) is 69.5 Å². The van der Waals surface area contributed by atoms with Gasteiger partial charge < -0.3 is 0 Å². The summed E-state index contributed by atoms with van der Waals surface area (Å²) in [4.78, 5) is 0. The highest BCUT2D eigenvalue weighted by molar-refractivity contribution is 7.65. The molecule has 0 aliphatic heterocycles. The van der Waals surface area contributed by atoms with Crippen LogP contribution in [-0.2, 0) is 15.9 Å². The van der Waals surface area contributed by atoms with Crippen molar-refractivity contribution in [2.45, 2.75) is 12.2 Å². The zero-order chi connectivity index (χ0) is 8.27. The van der Waals surface area contributed by atoms with Gasteiger partial charge in [0, 0.05) is 17.3 Å². The van der Waals surface area contributed by atoms with Crippen molar-refractivity contribution < 1.29 is 4.21 Å². The van der Waals surface area contributed by atoms with Gasteiger partial charge in [0.15, 0.2) is 5.69 Å². The molecule has 0 saturated carbocycles. The standard InChI is InChI=1S/C6H6N3OS/c1-4(11-10)5-3-8-9-6(5)2-7/h3-4H,1H3,(H,8,9)/q+1. The molecular formula is C6H6N3OS+. The Kier molecular flexibility index (Phi) is 2.28. The normalized spacial score (nSPS) is 12.0. The van der Waals surface area contributed by atoms with Crippen LogP contribution in [0.2, 0.25) is 0 Å². The Balaban J connectivity index is 3.04. The Hall–Kier alpha value is -1.28. The van der Waals surface area contributed by atoms with Gasteiger partial charge in [-0.05, 0) is 0 Å². The van der Waals surface area contributed by atoms with Gasteiger partial charge in [0.25, 0.3) is 5.25 Å². The van der Waals surface area contributed by atoms with E-state index in [0.717, 1.165) is 0 Å². The monoisotopic (exact) mass is 168 g/mol. The lowest BCUT2D eigenvalue weighted by molar-refractivity contribution is 0.600. The minimum absolute atomic E-state index is 0.219. The lowest BCUT2D eigenvalue weighted by atomic mass is 10.2. The Bertz CT molecular complexity index is 301. The summed E-state index contributed by atoms with van der Waals surface area (Å²) >= 11 is 0.451. The molecule has 4 nitrogen and oxygen atoms in total. The number of H-pyrrole nitrogens is 1. The van der Waals surface area contributed by atoms with Crippen molar-refractivity contribution in [3.05, 3.63) is 17.5 Å². The fourth-order valence-electron chi connectivity index (χ4n) is 0.751. The predicted octanol–water partition coefficient (Wildman–Crippen LogP) is 0.770. The summed E-state index contributed by atoms with van der Waals surface area (Å²) in [6.07, 6.45) is 1.58. The molecule has 0 aromatic carbocycles. The summed E-state index contributed by atoms with van der Waals surface area (Å²) in [6, 6.07) is 1.90. The molecule has 0 aliphatic rings. The minimum atomic E-state index is -0.219. The highest BCUT2D eigenvalue weighted by Gasteiger charge is 2.22. The minimum Gasteiger partial charge on any atom is -0.284 e. The molecule has 56 valence electrons. The van der Waals surface area contributed by atoms with E-state index < -0.39 is 0 Å². The van der Waals surface area contributed by atoms with Crippen molar-refractivity contribution >= 4 is 11.7 Å². The van der Waals surface area contributed by atoms with Crippen molar-refractivity contribution in [3.8, 4) is 6.07 Å². The van der Waals surface area contributed by atoms with Crippen molar-refractivity contribution in [1.29, 1.82) is 5.26 Å². The first-order valence-corrected chi connectivity index (χ1v) is 3.82. The van der Waals surface area contributed by atoms with Gasteiger partial charge in [0.2, 0.25) is 0 Å². The molecule has 0 saturated heterocycles. The van der Waals surface area contributed by atoms with Crippen LogP contribution in [0, 0.1) is 11.3 Å². The molecule has 0 aliphatic carbocycles. The zero-order valence-corrected chi connectivity index (χ0v) is 6.68. The van der Waals surface area contributed by atoms with Gasteiger partial charge in [-0.2, -0.15) is 10.4 Å². The zero-order valence-electron chi connectivity index (χ0n) is 5.87. The third kappa shape index (κ3) is 1.41. The van der Waals surface area contributed by atoms with Gasteiger partial charge in [0.1, 0.15) is 6.07 Å². The molecule has 0 bridgehead atoms. The largest absolute Gasteiger partial charge is 0.467 e. The van der Waals surface area contributed by atoms with E-state index in [4.69, 9.17) is 5.26 Å². The predicted molar refractivity (Wildman–Crippen MR) is 39.8 cm³/mol. The molecule has 0 fully saturated rings. The second kappa shape index (κ2) is 3.21. The second-order valence-electron chi connectivity index (χ2n) is 2.04. The molecule has 1 N–H and O–H groups in total. The molecular weight excluding hydrogens is 162 g/mol. The molecule has 1 aromatic rings. The number of hydrogen-bond donors (Lipinski definition) is 1. The highest BCUT2D eigenvalue weighted by Crippen LogP contribution is 2.15. The summed E-state index contributed by atoms with van der Waals surface area (Å²) < 4.78 is 10.4. The van der Waals surface area contributed by atoms with E-state index in [0.29, 0.717) is 22.9 Å². The number of nitriles is 1. The smallest absolute Gasteiger partial charge is 0.284 e. The molecule has 1 heterocycles. The van der Waals surface area contributed by atoms with E-state index in [1.165, 1.54) is 0 Å². The maximum absolute atomic E-state index is 10.4. The summed E-state index contributed by atoms with van der Waals surface area (Å²) in [7, 11) is 0. The van der Waals surface area contributed by atoms with Crippen molar-refractivity contribution in [3.63, 3.8) is 0 Å². The van der Waals surface area contributed by atoms with Gasteiger partial charge in [-0.15, -0.1) is 0 Å². The number of aromatic nitrogens is 2. The van der Waals surface area contributed by atoms with Gasteiger partial charge in [-0.1, -0.05) is 0 Å². The van der Waals surface area contributed by atoms with Crippen LogP contribution < -0.4 is 0 Å². The van der Waals surface area contributed by atoms with Crippen molar-refractivity contribution in [1.82, 2.24) is 10.2 Å². The van der Waals surface area contributed by atoms with Crippen LogP contribution in [0.5, 0.6) is 0 Å². The third-order valence-corrected chi connectivity index (χ3v) is 1.90. The molecule has 1 atom stereocenters. The van der Waals surface area contributed by atoms with Gasteiger partial charge in [-0.25, -0.2) is 0 Å². The quantitative estimate of drug-likeness (QED) is 0.663. The summed E-state index contributed by atoms with van der Waals surface area (Å²) in [5.41, 5.74) is 0.980. The molecule has 0 spiro atoms. The van der Waals surface area contributed by atoms with Crippen molar-refractivity contribution in [2.75, 3.05) is 0 Å². The van der Waals surface area contributed by atoms with Crippen LogP contribution in [0.25, 0.3) is 0 Å². The molecule has 5 heteroatoms. The molecule has 1 aromatic heterocycles. The van der Waals surface area contributed by atoms with E-state index in [1.807, 2.05) is 6.07 Å². The summed E-state index contributed by atoms with van der Waals surface area (Å²) in [5.74, 6) is 0. The lowest BCUT2D eigenvalue weighted by Crippen LogP contribution is -1.91. The van der Waals surface area contributed by atoms with Gasteiger partial charge in [-0.3, -0.25) is 5.10 Å². The van der Waals surface area contributed by atoms with Crippen LogP contribution in [0.3, 0.4) is 0 Å². The Labute approximate surface area is 67.7 Å². The van der Waals surface area contributed by atoms with E-state index in [-0.39, 0.29) is 5.25 Å². The maximum atomic E-state index is 10.4. The Morgan fingerprint density at radius 1 is 1.91 bits per heavy atom. The number of aromatic amines is 1. The van der Waals surface area contributed by atoms with Crippen LogP contribution in [0.1, 0.15) is 23.4 Å². The van der Waals surface area contributed by atoms with Crippen LogP contribution >= 0.6 is 0 Å². The molecule has 1 rings (SSSR count). The first-order valence-electron chi connectivity index (χ1n) is 3.02. The highest BCUT2D eigenvalue weighted by atomic mass is 32.1. The Morgan fingerprint density at radius 2 is 2.64 bits per heavy atom. The maximum Gasteiger partial charge on any atom is 0.467 e. The summed E-state index contributed by atoms with van der Waals surface area (Å²) in [6.45, 7) is 1.74. The molecule has 0 radical (unpaired) electrons. The van der Waals surface area contributed by atoms with E-state index in [1.54, 1.807) is 13.1 Å². The third-order valence-electron chi connectivity index (χ3n) is 1.36. The Morgan fingerprint density at radius 3 is 3.18 bits per heavy atom. The average Bonchev–Trinajstić information content (AvgIpc) is 2.50. The summed E-state index contributed by atoms with van der Waals surface area (Å²) in [5, 5.41) is 14.5. The number of nitrogens with zero attached hydrogens (tertiary/aromatic N) is 2. The van der Waals surface area contributed by atoms with Crippen LogP contribution in [0.15, 0.2) is 6.20 Å². The number of rotatable bonds is 2. The first kappa shape index (κ1) is 7.82. The van der Waals surface area contributed by atoms with Crippen LogP contribution in [0.4, 0.5) is 0 Å². The molecule has 0 amide bonds. The van der Waals surface area contributed by atoms with E-state index in [9.17, 15) is 4.21 Å². The number of hydrogen-bond acceptors (Lipinski definition) is 3. The van der Waals surface area contributed by atoms with Gasteiger partial charge >= 0.3 is 11.7 Å². The SMILES string of the molecule is CC([S+]=O)c1c[nH]nc1C#N. The molecule has 1 unspecified atom stereocenters. The molecule has 11 heavy (non-hydrogen) atoms. The van der Waals surface area contributed by atoms with Gasteiger partial charge in [0.05, 0.1) is 5.56 Å². The fraction of sp³-hybridized carbons (Fsp3) is 0.333. The van der Waals surface area contributed by atoms with E-state index in [2.05, 4.69) is 10.2 Å². The van der Waals surface area contributed by atoms with E-state index >= 15 is 0 Å². The first-order chi connectivity index (χ1) is 5.29. The fourth-order valence-corrected chi connectivity index (χ4v) is 1.03. The number of nitrogens with one attached hydrogen (secondary N) is 1.